The van der Waals surface area contributed by atoms with Crippen LogP contribution in [0.1, 0.15) is 29.5 Å². The van der Waals surface area contributed by atoms with Gasteiger partial charge in [0.1, 0.15) is 11.6 Å². The number of hydrogen-bond donors (Lipinski definition) is 1. The standard InChI is InChI=1S/C20H19ClF2N2O.ClH/c21-17-4-2-1-3-14(17)19-11-24-7-8-25(19)20(26)16-10-15(16)13-6-5-12(22)9-18(13)23;/h1-6,9,15-16,19,24H,7-8,10-11H2;1H. The van der Waals surface area contributed by atoms with Crippen LogP contribution >= 0.6 is 24.0 Å². The van der Waals surface area contributed by atoms with Gasteiger partial charge in [0, 0.05) is 36.6 Å². The van der Waals surface area contributed by atoms with Crippen LogP contribution in [0.25, 0.3) is 0 Å². The van der Waals surface area contributed by atoms with E-state index in [1.807, 2.05) is 29.2 Å². The van der Waals surface area contributed by atoms with Crippen molar-refractivity contribution in [3.8, 4) is 0 Å². The van der Waals surface area contributed by atoms with Gasteiger partial charge in [-0.1, -0.05) is 35.9 Å². The maximum Gasteiger partial charge on any atom is 0.226 e. The molecule has 2 aromatic carbocycles. The normalized spacial score (nSPS) is 24.3. The average Bonchev–Trinajstić information content (AvgIpc) is 3.42. The molecule has 4 rings (SSSR count). The van der Waals surface area contributed by atoms with Crippen LogP contribution in [0.4, 0.5) is 8.78 Å². The third kappa shape index (κ3) is 3.96. The molecule has 3 nitrogen and oxygen atoms in total. The maximum absolute atomic E-state index is 14.0. The molecule has 3 unspecified atom stereocenters. The molecule has 1 aliphatic heterocycles. The number of amides is 1. The van der Waals surface area contributed by atoms with Crippen LogP contribution < -0.4 is 5.32 Å². The highest BCUT2D eigenvalue weighted by molar-refractivity contribution is 6.31. The Morgan fingerprint density at radius 1 is 1.15 bits per heavy atom. The third-order valence-electron chi connectivity index (χ3n) is 5.26. The summed E-state index contributed by atoms with van der Waals surface area (Å²) in [6.45, 7) is 1.94. The number of carbonyl (C=O) groups is 1. The number of halogens is 4. The third-order valence-corrected chi connectivity index (χ3v) is 5.60. The molecule has 7 heteroatoms. The minimum absolute atomic E-state index is 0. The van der Waals surface area contributed by atoms with E-state index >= 15 is 0 Å². The summed E-state index contributed by atoms with van der Waals surface area (Å²) in [7, 11) is 0. The van der Waals surface area contributed by atoms with Crippen molar-refractivity contribution >= 4 is 29.9 Å². The lowest BCUT2D eigenvalue weighted by molar-refractivity contribution is -0.136. The van der Waals surface area contributed by atoms with Crippen LogP contribution in [0.15, 0.2) is 42.5 Å². The van der Waals surface area contributed by atoms with Gasteiger partial charge in [0.2, 0.25) is 5.91 Å². The molecule has 1 amide bonds. The second kappa shape index (κ2) is 8.13. The number of rotatable bonds is 3. The molecule has 2 aliphatic rings. The molecule has 0 bridgehead atoms. The molecule has 2 aromatic rings. The summed E-state index contributed by atoms with van der Waals surface area (Å²) in [5.41, 5.74) is 1.34. The SMILES string of the molecule is Cl.O=C(C1CC1c1ccc(F)cc1F)N1CCNCC1c1ccccc1Cl. The molecular weight excluding hydrogens is 393 g/mol. The summed E-state index contributed by atoms with van der Waals surface area (Å²) in [4.78, 5) is 14.9. The average molecular weight is 413 g/mol. The molecule has 3 atom stereocenters. The fourth-order valence-corrected chi connectivity index (χ4v) is 4.08. The highest BCUT2D eigenvalue weighted by atomic mass is 35.5. The van der Waals surface area contributed by atoms with Gasteiger partial charge in [-0.15, -0.1) is 12.4 Å². The summed E-state index contributed by atoms with van der Waals surface area (Å²) in [6, 6.07) is 11.0. The predicted molar refractivity (Wildman–Crippen MR) is 103 cm³/mol. The Morgan fingerprint density at radius 3 is 2.67 bits per heavy atom. The van der Waals surface area contributed by atoms with Crippen molar-refractivity contribution in [3.63, 3.8) is 0 Å². The van der Waals surface area contributed by atoms with Gasteiger partial charge in [0.05, 0.1) is 6.04 Å². The van der Waals surface area contributed by atoms with Gasteiger partial charge in [0.15, 0.2) is 0 Å². The van der Waals surface area contributed by atoms with Gasteiger partial charge < -0.3 is 10.2 Å². The Hall–Kier alpha value is -1.69. The Balaban J connectivity index is 0.00000210. The van der Waals surface area contributed by atoms with Crippen molar-refractivity contribution in [1.82, 2.24) is 10.2 Å². The van der Waals surface area contributed by atoms with E-state index in [0.29, 0.717) is 30.1 Å². The molecule has 1 aliphatic carbocycles. The number of nitrogens with zero attached hydrogens (tertiary/aromatic N) is 1. The van der Waals surface area contributed by atoms with Gasteiger partial charge >= 0.3 is 0 Å². The van der Waals surface area contributed by atoms with Crippen molar-refractivity contribution in [2.45, 2.75) is 18.4 Å². The number of nitrogens with one attached hydrogen (secondary N) is 1. The highest BCUT2D eigenvalue weighted by Crippen LogP contribution is 2.50. The number of piperazine rings is 1. The predicted octanol–water partition coefficient (Wildman–Crippen LogP) is 4.32. The number of hydrogen-bond acceptors (Lipinski definition) is 2. The van der Waals surface area contributed by atoms with E-state index in [1.54, 1.807) is 0 Å². The smallest absolute Gasteiger partial charge is 0.226 e. The summed E-state index contributed by atoms with van der Waals surface area (Å²) in [5, 5.41) is 3.94. The van der Waals surface area contributed by atoms with Crippen LogP contribution in [0, 0.1) is 17.6 Å². The topological polar surface area (TPSA) is 32.3 Å². The Labute approximate surface area is 168 Å². The maximum atomic E-state index is 14.0. The number of carbonyl (C=O) groups excluding carboxylic acids is 1. The first-order chi connectivity index (χ1) is 12.6. The molecule has 144 valence electrons. The second-order valence-electron chi connectivity index (χ2n) is 6.89. The first-order valence-electron chi connectivity index (χ1n) is 8.77. The van der Waals surface area contributed by atoms with Gasteiger partial charge in [-0.2, -0.15) is 0 Å². The van der Waals surface area contributed by atoms with E-state index in [9.17, 15) is 13.6 Å². The van der Waals surface area contributed by atoms with Crippen LogP contribution in [-0.2, 0) is 4.79 Å². The van der Waals surface area contributed by atoms with Gasteiger partial charge in [-0.05, 0) is 35.6 Å². The minimum Gasteiger partial charge on any atom is -0.333 e. The van der Waals surface area contributed by atoms with Crippen molar-refractivity contribution in [3.05, 3.63) is 70.2 Å². The molecule has 1 saturated heterocycles. The van der Waals surface area contributed by atoms with E-state index in [2.05, 4.69) is 5.32 Å². The molecule has 1 N–H and O–H groups in total. The lowest BCUT2D eigenvalue weighted by atomic mass is 10.0. The van der Waals surface area contributed by atoms with Crippen molar-refractivity contribution < 1.29 is 13.6 Å². The fourth-order valence-electron chi connectivity index (χ4n) is 3.82. The van der Waals surface area contributed by atoms with E-state index in [4.69, 9.17) is 11.6 Å². The summed E-state index contributed by atoms with van der Waals surface area (Å²) in [5.74, 6) is -1.59. The molecule has 0 aromatic heterocycles. The lowest BCUT2D eigenvalue weighted by Gasteiger charge is -2.37. The zero-order chi connectivity index (χ0) is 18.3. The van der Waals surface area contributed by atoms with Crippen LogP contribution in [0.5, 0.6) is 0 Å². The molecule has 0 radical (unpaired) electrons. The highest BCUT2D eigenvalue weighted by Gasteiger charge is 2.48. The minimum atomic E-state index is -0.601. The summed E-state index contributed by atoms with van der Waals surface area (Å²) >= 11 is 6.33. The monoisotopic (exact) mass is 412 g/mol. The lowest BCUT2D eigenvalue weighted by Crippen LogP contribution is -2.49. The van der Waals surface area contributed by atoms with E-state index in [1.165, 1.54) is 12.1 Å². The molecule has 1 heterocycles. The van der Waals surface area contributed by atoms with Crippen molar-refractivity contribution in [2.75, 3.05) is 19.6 Å². The molecule has 1 saturated carbocycles. The Morgan fingerprint density at radius 2 is 1.93 bits per heavy atom. The van der Waals surface area contributed by atoms with Crippen molar-refractivity contribution in [1.29, 1.82) is 0 Å². The second-order valence-corrected chi connectivity index (χ2v) is 7.29. The van der Waals surface area contributed by atoms with Gasteiger partial charge in [-0.3, -0.25) is 4.79 Å². The van der Waals surface area contributed by atoms with Crippen LogP contribution in [0.2, 0.25) is 5.02 Å². The zero-order valence-electron chi connectivity index (χ0n) is 14.5. The quantitative estimate of drug-likeness (QED) is 0.813. The molecular formula is C20H20Cl2F2N2O. The van der Waals surface area contributed by atoms with Crippen molar-refractivity contribution in [2.24, 2.45) is 5.92 Å². The summed E-state index contributed by atoms with van der Waals surface area (Å²) in [6.07, 6.45) is 0.598. The van der Waals surface area contributed by atoms with E-state index < -0.39 is 11.6 Å². The molecule has 0 spiro atoms. The van der Waals surface area contributed by atoms with Gasteiger partial charge in [0.25, 0.3) is 0 Å². The Kier molecular flexibility index (Phi) is 6.04. The van der Waals surface area contributed by atoms with Crippen LogP contribution in [0.3, 0.4) is 0 Å². The van der Waals surface area contributed by atoms with E-state index in [0.717, 1.165) is 18.2 Å². The molecule has 2 fully saturated rings. The first kappa shape index (κ1) is 20.1. The molecule has 27 heavy (non-hydrogen) atoms. The van der Waals surface area contributed by atoms with E-state index in [-0.39, 0.29) is 36.2 Å². The Bertz CT molecular complexity index is 848. The fraction of sp³-hybridized carbons (Fsp3) is 0.350. The largest absolute Gasteiger partial charge is 0.333 e. The first-order valence-corrected chi connectivity index (χ1v) is 9.14. The van der Waals surface area contributed by atoms with Gasteiger partial charge in [-0.25, -0.2) is 8.78 Å². The number of benzene rings is 2. The zero-order valence-corrected chi connectivity index (χ0v) is 16.1. The summed E-state index contributed by atoms with van der Waals surface area (Å²) < 4.78 is 27.1. The van der Waals surface area contributed by atoms with Crippen LogP contribution in [-0.4, -0.2) is 30.4 Å².